The van der Waals surface area contributed by atoms with Gasteiger partial charge in [-0.1, -0.05) is 18.6 Å². The van der Waals surface area contributed by atoms with E-state index >= 15 is 0 Å². The maximum Gasteiger partial charge on any atom is 0.253 e. The van der Waals surface area contributed by atoms with Gasteiger partial charge in [-0.25, -0.2) is 0 Å². The van der Waals surface area contributed by atoms with E-state index in [9.17, 15) is 4.79 Å². The largest absolute Gasteiger partial charge is 0.336 e. The van der Waals surface area contributed by atoms with Crippen molar-refractivity contribution in [1.29, 1.82) is 0 Å². The van der Waals surface area contributed by atoms with E-state index in [2.05, 4.69) is 20.4 Å². The molecule has 0 aliphatic heterocycles. The molecule has 1 amide bonds. The van der Waals surface area contributed by atoms with Gasteiger partial charge in [0.1, 0.15) is 0 Å². The number of carbonyl (C=O) groups is 1. The Labute approximate surface area is 171 Å². The molecule has 1 aromatic carbocycles. The molecule has 0 saturated heterocycles. The molecular weight excluding hydrogens is 362 g/mol. The Morgan fingerprint density at radius 1 is 1.10 bits per heavy atom. The molecule has 29 heavy (non-hydrogen) atoms. The molecule has 2 aromatic heterocycles. The highest BCUT2D eigenvalue weighted by Crippen LogP contribution is 2.24. The summed E-state index contributed by atoms with van der Waals surface area (Å²) in [7, 11) is 1.84. The summed E-state index contributed by atoms with van der Waals surface area (Å²) in [6.07, 6.45) is 7.53. The van der Waals surface area contributed by atoms with E-state index < -0.39 is 0 Å². The molecule has 0 saturated carbocycles. The third kappa shape index (κ3) is 3.92. The maximum atomic E-state index is 12.9. The predicted molar refractivity (Wildman–Crippen MR) is 113 cm³/mol. The van der Waals surface area contributed by atoms with Gasteiger partial charge in [0.25, 0.3) is 5.91 Å². The minimum atomic E-state index is -0.00558. The normalized spacial score (nSPS) is 13.6. The molecule has 1 aliphatic carbocycles. The summed E-state index contributed by atoms with van der Waals surface area (Å²) < 4.78 is 0. The summed E-state index contributed by atoms with van der Waals surface area (Å²) in [5, 5.41) is 16.0. The number of aryl methyl sites for hydroxylation is 2. The third-order valence-corrected chi connectivity index (χ3v) is 5.89. The van der Waals surface area contributed by atoms with Crippen molar-refractivity contribution in [2.24, 2.45) is 0 Å². The van der Waals surface area contributed by atoms with Crippen molar-refractivity contribution in [1.82, 2.24) is 25.3 Å². The van der Waals surface area contributed by atoms with Crippen LogP contribution in [0.25, 0.3) is 11.3 Å². The predicted octanol–water partition coefficient (Wildman–Crippen LogP) is 4.02. The van der Waals surface area contributed by atoms with Crippen LogP contribution in [0.3, 0.4) is 0 Å². The minimum Gasteiger partial charge on any atom is -0.336 e. The Morgan fingerprint density at radius 2 is 1.86 bits per heavy atom. The van der Waals surface area contributed by atoms with Gasteiger partial charge in [-0.15, -0.1) is 0 Å². The second-order valence-corrected chi connectivity index (χ2v) is 7.93. The van der Waals surface area contributed by atoms with Crippen LogP contribution < -0.4 is 0 Å². The zero-order chi connectivity index (χ0) is 20.4. The van der Waals surface area contributed by atoms with Crippen molar-refractivity contribution in [2.75, 3.05) is 7.05 Å². The molecule has 0 atom stereocenters. The number of benzene rings is 1. The van der Waals surface area contributed by atoms with Gasteiger partial charge in [-0.05, 0) is 68.4 Å². The summed E-state index contributed by atoms with van der Waals surface area (Å²) in [6.45, 7) is 4.59. The molecule has 0 radical (unpaired) electrons. The van der Waals surface area contributed by atoms with E-state index in [1.54, 1.807) is 11.1 Å². The number of carbonyl (C=O) groups excluding carboxylic acids is 1. The van der Waals surface area contributed by atoms with Gasteiger partial charge < -0.3 is 4.90 Å². The molecular formula is C23H27N5O. The Hall–Kier alpha value is -3.02. The van der Waals surface area contributed by atoms with Crippen molar-refractivity contribution in [3.05, 3.63) is 64.1 Å². The zero-order valence-corrected chi connectivity index (χ0v) is 17.3. The van der Waals surface area contributed by atoms with Crippen molar-refractivity contribution in [3.8, 4) is 11.3 Å². The molecule has 0 bridgehead atoms. The van der Waals surface area contributed by atoms with Gasteiger partial charge in [0.15, 0.2) is 0 Å². The Morgan fingerprint density at radius 3 is 2.66 bits per heavy atom. The first-order chi connectivity index (χ1) is 14.0. The van der Waals surface area contributed by atoms with E-state index in [4.69, 9.17) is 0 Å². The van der Waals surface area contributed by atoms with E-state index in [-0.39, 0.29) is 5.91 Å². The fraction of sp³-hybridized carbons (Fsp3) is 0.391. The second-order valence-electron chi connectivity index (χ2n) is 7.93. The fourth-order valence-electron chi connectivity index (χ4n) is 3.95. The third-order valence-electron chi connectivity index (χ3n) is 5.89. The molecule has 2 heterocycles. The van der Waals surface area contributed by atoms with Gasteiger partial charge in [0.2, 0.25) is 0 Å². The Kier molecular flexibility index (Phi) is 5.43. The summed E-state index contributed by atoms with van der Waals surface area (Å²) in [4.78, 5) is 14.7. The molecule has 1 aliphatic rings. The highest BCUT2D eigenvalue weighted by molar-refractivity contribution is 5.94. The van der Waals surface area contributed by atoms with E-state index in [0.29, 0.717) is 12.1 Å². The van der Waals surface area contributed by atoms with E-state index in [1.165, 1.54) is 30.5 Å². The molecule has 1 N–H and O–H groups in total. The van der Waals surface area contributed by atoms with Crippen LogP contribution in [0.2, 0.25) is 0 Å². The first-order valence-electron chi connectivity index (χ1n) is 10.2. The van der Waals surface area contributed by atoms with E-state index in [1.807, 2.05) is 45.2 Å². The second kappa shape index (κ2) is 8.15. The van der Waals surface area contributed by atoms with Crippen LogP contribution in [0.15, 0.2) is 30.5 Å². The quantitative estimate of drug-likeness (QED) is 0.684. The highest BCUT2D eigenvalue weighted by atomic mass is 16.2. The number of H-pyrrole nitrogens is 1. The van der Waals surface area contributed by atoms with Gasteiger partial charge >= 0.3 is 0 Å². The maximum absolute atomic E-state index is 12.9. The number of aromatic nitrogens is 4. The molecule has 6 nitrogen and oxygen atoms in total. The van der Waals surface area contributed by atoms with Crippen molar-refractivity contribution in [3.63, 3.8) is 0 Å². The Bertz CT molecular complexity index is 1020. The zero-order valence-electron chi connectivity index (χ0n) is 17.3. The van der Waals surface area contributed by atoms with Crippen molar-refractivity contribution < 1.29 is 4.79 Å². The SMILES string of the molecule is Cc1cnnc(-c2ccc(C(=O)N(C)Cc3n[nH]c4c3CCCCC4)cc2)c1C. The average molecular weight is 390 g/mol. The van der Waals surface area contributed by atoms with Crippen molar-refractivity contribution in [2.45, 2.75) is 52.5 Å². The van der Waals surface area contributed by atoms with Crippen LogP contribution in [0.1, 0.15) is 57.7 Å². The number of rotatable bonds is 4. The molecule has 0 spiro atoms. The highest BCUT2D eigenvalue weighted by Gasteiger charge is 2.19. The molecule has 0 fully saturated rings. The van der Waals surface area contributed by atoms with Crippen LogP contribution in [0.4, 0.5) is 0 Å². The number of fused-ring (bicyclic) bond motifs is 1. The summed E-state index contributed by atoms with van der Waals surface area (Å²) >= 11 is 0. The number of aromatic amines is 1. The summed E-state index contributed by atoms with van der Waals surface area (Å²) in [5.41, 5.74) is 8.26. The van der Waals surface area contributed by atoms with Crippen LogP contribution in [-0.2, 0) is 19.4 Å². The lowest BCUT2D eigenvalue weighted by Gasteiger charge is -2.17. The standard InChI is InChI=1S/C23H27N5O/c1-15-13-24-27-22(16(15)2)17-9-11-18(12-10-17)23(29)28(3)14-21-19-7-5-4-6-8-20(19)25-26-21/h9-13H,4-8,14H2,1-3H3,(H,25,26). The average Bonchev–Trinajstić information content (AvgIpc) is 2.95. The fourth-order valence-corrected chi connectivity index (χ4v) is 3.95. The Balaban J connectivity index is 1.50. The van der Waals surface area contributed by atoms with Crippen molar-refractivity contribution >= 4 is 5.91 Å². The van der Waals surface area contributed by atoms with Gasteiger partial charge in [-0.2, -0.15) is 15.3 Å². The lowest BCUT2D eigenvalue weighted by molar-refractivity contribution is 0.0783. The van der Waals surface area contributed by atoms with Gasteiger partial charge in [-0.3, -0.25) is 9.89 Å². The minimum absolute atomic E-state index is 0.00558. The van der Waals surface area contributed by atoms with Crippen LogP contribution in [0.5, 0.6) is 0 Å². The molecule has 3 aromatic rings. The first-order valence-corrected chi connectivity index (χ1v) is 10.2. The smallest absolute Gasteiger partial charge is 0.253 e. The first kappa shape index (κ1) is 19.3. The molecule has 150 valence electrons. The number of hydrogen-bond acceptors (Lipinski definition) is 4. The van der Waals surface area contributed by atoms with Gasteiger partial charge in [0, 0.05) is 23.9 Å². The number of nitrogens with zero attached hydrogens (tertiary/aromatic N) is 4. The summed E-state index contributed by atoms with van der Waals surface area (Å²) in [5.74, 6) is -0.00558. The van der Waals surface area contributed by atoms with Crippen LogP contribution in [0, 0.1) is 13.8 Å². The van der Waals surface area contributed by atoms with E-state index in [0.717, 1.165) is 40.9 Å². The summed E-state index contributed by atoms with van der Waals surface area (Å²) in [6, 6.07) is 7.61. The lowest BCUT2D eigenvalue weighted by atomic mass is 10.0. The number of nitrogens with one attached hydrogen (secondary N) is 1. The number of amides is 1. The number of hydrogen-bond donors (Lipinski definition) is 1. The lowest BCUT2D eigenvalue weighted by Crippen LogP contribution is -2.26. The molecule has 4 rings (SSSR count). The molecule has 0 unspecified atom stereocenters. The topological polar surface area (TPSA) is 74.8 Å². The monoisotopic (exact) mass is 389 g/mol. The molecule has 6 heteroatoms. The van der Waals surface area contributed by atoms with Gasteiger partial charge in [0.05, 0.1) is 24.1 Å². The van der Waals surface area contributed by atoms with Crippen LogP contribution in [-0.4, -0.2) is 38.2 Å². The van der Waals surface area contributed by atoms with Crippen LogP contribution >= 0.6 is 0 Å².